The molecule has 0 N–H and O–H groups in total. The molecule has 0 atom stereocenters. The van der Waals surface area contributed by atoms with E-state index in [1.54, 1.807) is 0 Å². The Hall–Kier alpha value is -0.780. The van der Waals surface area contributed by atoms with Gasteiger partial charge < -0.3 is 0 Å². The summed E-state index contributed by atoms with van der Waals surface area (Å²) in [5, 5.41) is 0. The molecule has 1 aromatic carbocycles. The Morgan fingerprint density at radius 1 is 0.850 bits per heavy atom. The smallest absolute Gasteiger partial charge is 0.0279 e. The molecule has 1 radical (unpaired) electrons. The minimum atomic E-state index is 1.07. The number of aryl methyl sites for hydroxylation is 1. The van der Waals surface area contributed by atoms with Gasteiger partial charge in [0.25, 0.3) is 0 Å². The third-order valence-corrected chi connectivity index (χ3v) is 4.71. The SMILES string of the molecule is [CH](CCCCc1ccccc1)CCCC1CCCCC1. The molecule has 1 aliphatic rings. The van der Waals surface area contributed by atoms with Gasteiger partial charge in [0.15, 0.2) is 0 Å². The second kappa shape index (κ2) is 10.0. The van der Waals surface area contributed by atoms with Gasteiger partial charge in [-0.15, -0.1) is 0 Å². The van der Waals surface area contributed by atoms with Crippen molar-refractivity contribution in [1.82, 2.24) is 0 Å². The van der Waals surface area contributed by atoms with Crippen LogP contribution in [0.4, 0.5) is 0 Å². The molecule has 0 spiro atoms. The van der Waals surface area contributed by atoms with Crippen molar-refractivity contribution in [3.05, 3.63) is 42.3 Å². The van der Waals surface area contributed by atoms with Gasteiger partial charge in [0.2, 0.25) is 0 Å². The van der Waals surface area contributed by atoms with Gasteiger partial charge in [-0.3, -0.25) is 0 Å². The predicted octanol–water partition coefficient (Wildman–Crippen LogP) is 6.35. The summed E-state index contributed by atoms with van der Waals surface area (Å²) in [6, 6.07) is 10.9. The van der Waals surface area contributed by atoms with E-state index in [1.165, 1.54) is 82.6 Å². The van der Waals surface area contributed by atoms with Gasteiger partial charge in [0.1, 0.15) is 0 Å². The molecule has 2 rings (SSSR count). The average Bonchev–Trinajstić information content (AvgIpc) is 2.52. The largest absolute Gasteiger partial charge is 0.0622 e. The second-order valence-electron chi connectivity index (χ2n) is 6.45. The number of rotatable bonds is 9. The van der Waals surface area contributed by atoms with Gasteiger partial charge in [-0.05, 0) is 30.7 Å². The standard InChI is InChI=1S/C20H31/c1(3-7-13-19-15-9-5-10-16-19)2-4-8-14-20-17-11-6-12-18-20/h1,6,11-12,17-19H,2-5,7-10,13-16H2. The van der Waals surface area contributed by atoms with Crippen LogP contribution in [0.2, 0.25) is 0 Å². The van der Waals surface area contributed by atoms with Crippen LogP contribution in [0.25, 0.3) is 0 Å². The molecule has 20 heavy (non-hydrogen) atoms. The summed E-state index contributed by atoms with van der Waals surface area (Å²) < 4.78 is 0. The summed E-state index contributed by atoms with van der Waals surface area (Å²) in [5.74, 6) is 1.07. The van der Waals surface area contributed by atoms with E-state index in [9.17, 15) is 0 Å². The van der Waals surface area contributed by atoms with Crippen LogP contribution in [0.3, 0.4) is 0 Å². The topological polar surface area (TPSA) is 0 Å². The maximum absolute atomic E-state index is 2.54. The Kier molecular flexibility index (Phi) is 7.82. The van der Waals surface area contributed by atoms with Gasteiger partial charge in [-0.2, -0.15) is 0 Å². The lowest BCUT2D eigenvalue weighted by molar-refractivity contribution is 0.332. The molecular formula is C20H31. The Bertz CT molecular complexity index is 321. The molecule has 0 saturated heterocycles. The molecule has 0 aromatic heterocycles. The minimum Gasteiger partial charge on any atom is -0.0622 e. The van der Waals surface area contributed by atoms with Crippen molar-refractivity contribution < 1.29 is 0 Å². The van der Waals surface area contributed by atoms with Crippen LogP contribution >= 0.6 is 0 Å². The molecule has 0 amide bonds. The third kappa shape index (κ3) is 6.59. The fourth-order valence-corrected chi connectivity index (χ4v) is 3.43. The predicted molar refractivity (Wildman–Crippen MR) is 88.7 cm³/mol. The lowest BCUT2D eigenvalue weighted by Crippen LogP contribution is -2.05. The number of hydrogen-bond donors (Lipinski definition) is 0. The van der Waals surface area contributed by atoms with Crippen LogP contribution in [0.1, 0.15) is 76.2 Å². The fraction of sp³-hybridized carbons (Fsp3) is 0.650. The van der Waals surface area contributed by atoms with E-state index in [0.717, 1.165) is 5.92 Å². The van der Waals surface area contributed by atoms with Gasteiger partial charge in [0, 0.05) is 0 Å². The first-order chi connectivity index (χ1) is 9.95. The highest BCUT2D eigenvalue weighted by Crippen LogP contribution is 2.27. The van der Waals surface area contributed by atoms with E-state index in [0.29, 0.717) is 0 Å². The number of hydrogen-bond acceptors (Lipinski definition) is 0. The zero-order valence-electron chi connectivity index (χ0n) is 13.0. The van der Waals surface area contributed by atoms with Crippen molar-refractivity contribution >= 4 is 0 Å². The van der Waals surface area contributed by atoms with Crippen LogP contribution in [-0.2, 0) is 6.42 Å². The first kappa shape index (κ1) is 15.6. The van der Waals surface area contributed by atoms with E-state index in [1.807, 2.05) is 0 Å². The normalized spacial score (nSPS) is 16.4. The lowest BCUT2D eigenvalue weighted by Gasteiger charge is -2.21. The lowest BCUT2D eigenvalue weighted by atomic mass is 9.85. The Balaban J connectivity index is 1.38. The summed E-state index contributed by atoms with van der Waals surface area (Å²) in [6.45, 7) is 0. The number of unbranched alkanes of at least 4 members (excludes halogenated alkanes) is 5. The zero-order chi connectivity index (χ0) is 13.9. The summed E-state index contributed by atoms with van der Waals surface area (Å²) in [7, 11) is 0. The van der Waals surface area contributed by atoms with Gasteiger partial charge in [-0.1, -0.05) is 94.5 Å². The molecule has 1 fully saturated rings. The monoisotopic (exact) mass is 271 g/mol. The van der Waals surface area contributed by atoms with Crippen LogP contribution in [0.5, 0.6) is 0 Å². The van der Waals surface area contributed by atoms with Crippen molar-refractivity contribution in [1.29, 1.82) is 0 Å². The van der Waals surface area contributed by atoms with Crippen molar-refractivity contribution in [3.8, 4) is 0 Å². The van der Waals surface area contributed by atoms with Gasteiger partial charge in [0.05, 0.1) is 0 Å². The van der Waals surface area contributed by atoms with Crippen molar-refractivity contribution in [2.45, 2.75) is 77.0 Å². The fourth-order valence-electron chi connectivity index (χ4n) is 3.43. The highest BCUT2D eigenvalue weighted by Gasteiger charge is 2.12. The summed E-state index contributed by atoms with van der Waals surface area (Å²) in [5.41, 5.74) is 1.49. The van der Waals surface area contributed by atoms with Crippen molar-refractivity contribution in [2.75, 3.05) is 0 Å². The molecule has 0 heteroatoms. The van der Waals surface area contributed by atoms with Crippen LogP contribution < -0.4 is 0 Å². The molecular weight excluding hydrogens is 240 g/mol. The average molecular weight is 271 g/mol. The van der Waals surface area contributed by atoms with Crippen molar-refractivity contribution in [2.24, 2.45) is 5.92 Å². The minimum absolute atomic E-state index is 1.07. The van der Waals surface area contributed by atoms with Crippen LogP contribution in [-0.4, -0.2) is 0 Å². The van der Waals surface area contributed by atoms with E-state index < -0.39 is 0 Å². The molecule has 0 aliphatic heterocycles. The highest BCUT2D eigenvalue weighted by molar-refractivity contribution is 5.14. The quantitative estimate of drug-likeness (QED) is 0.459. The van der Waals surface area contributed by atoms with E-state index in [4.69, 9.17) is 0 Å². The molecule has 0 unspecified atom stereocenters. The zero-order valence-corrected chi connectivity index (χ0v) is 13.0. The maximum atomic E-state index is 2.54. The Labute approximate surface area is 126 Å². The molecule has 1 saturated carbocycles. The molecule has 111 valence electrons. The summed E-state index contributed by atoms with van der Waals surface area (Å²) >= 11 is 0. The number of benzene rings is 1. The van der Waals surface area contributed by atoms with Crippen LogP contribution in [0, 0.1) is 12.3 Å². The Morgan fingerprint density at radius 2 is 1.60 bits per heavy atom. The van der Waals surface area contributed by atoms with Crippen molar-refractivity contribution in [3.63, 3.8) is 0 Å². The molecule has 1 aliphatic carbocycles. The Morgan fingerprint density at radius 3 is 2.40 bits per heavy atom. The first-order valence-corrected chi connectivity index (χ1v) is 8.81. The third-order valence-electron chi connectivity index (χ3n) is 4.71. The highest BCUT2D eigenvalue weighted by atomic mass is 14.2. The second-order valence-corrected chi connectivity index (χ2v) is 6.45. The van der Waals surface area contributed by atoms with E-state index in [-0.39, 0.29) is 0 Å². The van der Waals surface area contributed by atoms with E-state index in [2.05, 4.69) is 36.8 Å². The van der Waals surface area contributed by atoms with E-state index >= 15 is 0 Å². The summed E-state index contributed by atoms with van der Waals surface area (Å²) in [6.07, 6.45) is 19.6. The molecule has 1 aromatic rings. The molecule has 0 heterocycles. The molecule has 0 nitrogen and oxygen atoms in total. The van der Waals surface area contributed by atoms with Gasteiger partial charge >= 0.3 is 0 Å². The van der Waals surface area contributed by atoms with Gasteiger partial charge in [-0.25, -0.2) is 0 Å². The molecule has 0 bridgehead atoms. The summed E-state index contributed by atoms with van der Waals surface area (Å²) in [4.78, 5) is 0. The van der Waals surface area contributed by atoms with Crippen LogP contribution in [0.15, 0.2) is 30.3 Å². The first-order valence-electron chi connectivity index (χ1n) is 8.81. The maximum Gasteiger partial charge on any atom is -0.0279 e.